The number of nitrogens with zero attached hydrogens (tertiary/aromatic N) is 1. The molecule has 1 nitrogen and oxygen atoms in total. The molecule has 1 aliphatic heterocycles. The van der Waals surface area contributed by atoms with Gasteiger partial charge in [-0.15, -0.1) is 0 Å². The zero-order valence-electron chi connectivity index (χ0n) is 14.2. The maximum atomic E-state index is 2.62. The lowest BCUT2D eigenvalue weighted by Gasteiger charge is -2.27. The summed E-state index contributed by atoms with van der Waals surface area (Å²) in [6.45, 7) is 18.0. The van der Waals surface area contributed by atoms with Gasteiger partial charge in [-0.3, -0.25) is 4.90 Å². The van der Waals surface area contributed by atoms with Crippen LogP contribution in [0.25, 0.3) is 0 Å². The molecule has 2 heteroatoms. The summed E-state index contributed by atoms with van der Waals surface area (Å²) in [5.74, 6) is 0.851. The lowest BCUT2D eigenvalue weighted by atomic mass is 9.80. The van der Waals surface area contributed by atoms with Crippen molar-refractivity contribution in [2.24, 2.45) is 11.3 Å². The van der Waals surface area contributed by atoms with Gasteiger partial charge in [-0.1, -0.05) is 69.9 Å². The first-order chi connectivity index (χ1) is 9.16. The summed E-state index contributed by atoms with van der Waals surface area (Å²) in [5, 5.41) is 1.57. The van der Waals surface area contributed by atoms with Crippen LogP contribution in [0.1, 0.15) is 32.8 Å². The summed E-state index contributed by atoms with van der Waals surface area (Å²) in [4.78, 5) is 2.62. The van der Waals surface area contributed by atoms with Gasteiger partial charge in [0.1, 0.15) is 0 Å². The molecule has 20 heavy (non-hydrogen) atoms. The molecule has 2 rings (SSSR count). The Labute approximate surface area is 126 Å². The SMILES string of the molecule is CC(C)(C)C1CCN(Cc2ccc([Si](C)(C)C)cc2)C1. The molecule has 1 unspecified atom stereocenters. The van der Waals surface area contributed by atoms with E-state index >= 15 is 0 Å². The van der Waals surface area contributed by atoms with Crippen molar-refractivity contribution < 1.29 is 0 Å². The van der Waals surface area contributed by atoms with Gasteiger partial charge in [0.25, 0.3) is 0 Å². The van der Waals surface area contributed by atoms with E-state index in [1.165, 1.54) is 25.1 Å². The highest BCUT2D eigenvalue weighted by Crippen LogP contribution is 2.33. The highest BCUT2D eigenvalue weighted by atomic mass is 28.3. The highest BCUT2D eigenvalue weighted by Gasteiger charge is 2.31. The van der Waals surface area contributed by atoms with Gasteiger partial charge in [0.2, 0.25) is 0 Å². The van der Waals surface area contributed by atoms with Crippen molar-refractivity contribution in [2.75, 3.05) is 13.1 Å². The molecule has 1 atom stereocenters. The fraction of sp³-hybridized carbons (Fsp3) is 0.667. The first-order valence-corrected chi connectivity index (χ1v) is 11.5. The van der Waals surface area contributed by atoms with Gasteiger partial charge in [0, 0.05) is 13.1 Å². The van der Waals surface area contributed by atoms with Crippen LogP contribution in [0.3, 0.4) is 0 Å². The molecule has 1 aliphatic rings. The maximum Gasteiger partial charge on any atom is 0.0775 e. The van der Waals surface area contributed by atoms with Crippen molar-refractivity contribution in [3.63, 3.8) is 0 Å². The molecule has 0 spiro atoms. The van der Waals surface area contributed by atoms with Gasteiger partial charge >= 0.3 is 0 Å². The van der Waals surface area contributed by atoms with Crippen molar-refractivity contribution >= 4 is 13.3 Å². The van der Waals surface area contributed by atoms with Gasteiger partial charge in [0.05, 0.1) is 8.07 Å². The third-order valence-electron chi connectivity index (χ3n) is 4.72. The fourth-order valence-electron chi connectivity index (χ4n) is 3.05. The van der Waals surface area contributed by atoms with Gasteiger partial charge < -0.3 is 0 Å². The summed E-state index contributed by atoms with van der Waals surface area (Å²) >= 11 is 0. The van der Waals surface area contributed by atoms with E-state index in [0.29, 0.717) is 5.41 Å². The molecule has 0 saturated carbocycles. The smallest absolute Gasteiger partial charge is 0.0775 e. The van der Waals surface area contributed by atoms with E-state index in [1.807, 2.05) is 0 Å². The first kappa shape index (κ1) is 15.8. The standard InChI is InChI=1S/C18H31NSi/c1-18(2,3)16-11-12-19(14-16)13-15-7-9-17(10-8-15)20(4,5)6/h7-10,16H,11-14H2,1-6H3. The number of benzene rings is 1. The molecular formula is C18H31NSi. The Hall–Kier alpha value is -0.603. The maximum absolute atomic E-state index is 2.62. The number of rotatable bonds is 3. The molecular weight excluding hydrogens is 258 g/mol. The van der Waals surface area contributed by atoms with Gasteiger partial charge in [-0.25, -0.2) is 0 Å². The Balaban J connectivity index is 1.95. The van der Waals surface area contributed by atoms with Crippen LogP contribution in [0.4, 0.5) is 0 Å². The quantitative estimate of drug-likeness (QED) is 0.757. The Morgan fingerprint density at radius 2 is 1.70 bits per heavy atom. The lowest BCUT2D eigenvalue weighted by molar-refractivity contribution is 0.226. The minimum Gasteiger partial charge on any atom is -0.299 e. The molecule has 1 fully saturated rings. The van der Waals surface area contributed by atoms with E-state index < -0.39 is 8.07 Å². The molecule has 1 heterocycles. The molecule has 1 aromatic carbocycles. The van der Waals surface area contributed by atoms with Crippen molar-refractivity contribution in [2.45, 2.75) is 53.4 Å². The Bertz CT molecular complexity index is 436. The van der Waals surface area contributed by atoms with E-state index in [1.54, 1.807) is 5.19 Å². The zero-order chi connectivity index (χ0) is 15.0. The predicted molar refractivity (Wildman–Crippen MR) is 92.3 cm³/mol. The molecule has 0 N–H and O–H groups in total. The average molecular weight is 290 g/mol. The topological polar surface area (TPSA) is 3.24 Å². The fourth-order valence-corrected chi connectivity index (χ4v) is 4.22. The van der Waals surface area contributed by atoms with Gasteiger partial charge in [-0.2, -0.15) is 0 Å². The van der Waals surface area contributed by atoms with Crippen molar-refractivity contribution in [1.29, 1.82) is 0 Å². The average Bonchev–Trinajstić information content (AvgIpc) is 2.77. The summed E-state index contributed by atoms with van der Waals surface area (Å²) < 4.78 is 0. The van der Waals surface area contributed by atoms with Crippen molar-refractivity contribution in [1.82, 2.24) is 4.90 Å². The normalized spacial score (nSPS) is 21.4. The van der Waals surface area contributed by atoms with Gasteiger partial charge in [0.15, 0.2) is 0 Å². The van der Waals surface area contributed by atoms with Crippen LogP contribution in [-0.2, 0) is 6.54 Å². The molecule has 0 radical (unpaired) electrons. The van der Waals surface area contributed by atoms with Gasteiger partial charge in [-0.05, 0) is 29.9 Å². The number of likely N-dealkylation sites (tertiary alicyclic amines) is 1. The van der Waals surface area contributed by atoms with Crippen molar-refractivity contribution in [3.05, 3.63) is 29.8 Å². The minimum atomic E-state index is -1.15. The number of hydrogen-bond acceptors (Lipinski definition) is 1. The molecule has 0 bridgehead atoms. The van der Waals surface area contributed by atoms with Crippen LogP contribution in [0.2, 0.25) is 19.6 Å². The van der Waals surface area contributed by atoms with E-state index in [4.69, 9.17) is 0 Å². The Morgan fingerprint density at radius 3 is 2.15 bits per heavy atom. The monoisotopic (exact) mass is 289 g/mol. The second kappa shape index (κ2) is 5.65. The highest BCUT2D eigenvalue weighted by molar-refractivity contribution is 6.88. The van der Waals surface area contributed by atoms with Crippen LogP contribution in [0, 0.1) is 11.3 Å². The molecule has 0 amide bonds. The van der Waals surface area contributed by atoms with E-state index in [-0.39, 0.29) is 0 Å². The molecule has 0 aliphatic carbocycles. The van der Waals surface area contributed by atoms with E-state index in [9.17, 15) is 0 Å². The Kier molecular flexibility index (Phi) is 4.46. The second-order valence-corrected chi connectivity index (χ2v) is 13.6. The first-order valence-electron chi connectivity index (χ1n) is 7.98. The third-order valence-corrected chi connectivity index (χ3v) is 6.79. The summed E-state index contributed by atoms with van der Waals surface area (Å²) in [5.41, 5.74) is 1.93. The lowest BCUT2D eigenvalue weighted by Crippen LogP contribution is -2.37. The minimum absolute atomic E-state index is 0.455. The zero-order valence-corrected chi connectivity index (χ0v) is 15.2. The summed E-state index contributed by atoms with van der Waals surface area (Å²) in [6.07, 6.45) is 1.36. The van der Waals surface area contributed by atoms with Crippen LogP contribution < -0.4 is 5.19 Å². The number of hydrogen-bond donors (Lipinski definition) is 0. The van der Waals surface area contributed by atoms with E-state index in [0.717, 1.165) is 12.5 Å². The molecule has 1 aromatic rings. The second-order valence-electron chi connectivity index (χ2n) is 8.53. The van der Waals surface area contributed by atoms with Crippen LogP contribution in [-0.4, -0.2) is 26.1 Å². The van der Waals surface area contributed by atoms with Crippen LogP contribution >= 0.6 is 0 Å². The predicted octanol–water partition coefficient (Wildman–Crippen LogP) is 4.10. The molecule has 112 valence electrons. The van der Waals surface area contributed by atoms with E-state index in [2.05, 4.69) is 69.6 Å². The molecule has 1 saturated heterocycles. The Morgan fingerprint density at radius 1 is 1.10 bits per heavy atom. The largest absolute Gasteiger partial charge is 0.299 e. The summed E-state index contributed by atoms with van der Waals surface area (Å²) in [6, 6.07) is 9.41. The van der Waals surface area contributed by atoms with Crippen LogP contribution in [0.15, 0.2) is 24.3 Å². The summed E-state index contributed by atoms with van der Waals surface area (Å²) in [7, 11) is -1.15. The van der Waals surface area contributed by atoms with Crippen molar-refractivity contribution in [3.8, 4) is 0 Å². The molecule has 0 aromatic heterocycles. The third kappa shape index (κ3) is 3.95. The van der Waals surface area contributed by atoms with Crippen LogP contribution in [0.5, 0.6) is 0 Å².